The molecule has 0 bridgehead atoms. The van der Waals surface area contributed by atoms with Gasteiger partial charge < -0.3 is 15.2 Å². The van der Waals surface area contributed by atoms with Crippen molar-refractivity contribution in [2.45, 2.75) is 30.8 Å². The summed E-state index contributed by atoms with van der Waals surface area (Å²) in [4.78, 5) is 27.4. The number of aromatic hydroxyl groups is 1. The van der Waals surface area contributed by atoms with Crippen molar-refractivity contribution in [3.63, 3.8) is 0 Å². The number of halogens is 1. The Labute approximate surface area is 236 Å². The second-order valence-electron chi connectivity index (χ2n) is 10.7. The van der Waals surface area contributed by atoms with Crippen LogP contribution in [0.1, 0.15) is 52.4 Å². The first-order valence-corrected chi connectivity index (χ1v) is 14.1. The van der Waals surface area contributed by atoms with Gasteiger partial charge in [0.25, 0.3) is 0 Å². The summed E-state index contributed by atoms with van der Waals surface area (Å²) in [5, 5.41) is 14.0. The number of anilines is 1. The third kappa shape index (κ3) is 3.80. The lowest BCUT2D eigenvalue weighted by Gasteiger charge is -2.53. The van der Waals surface area contributed by atoms with Crippen LogP contribution in [0.4, 0.5) is 5.69 Å². The molecule has 0 saturated heterocycles. The van der Waals surface area contributed by atoms with E-state index in [4.69, 9.17) is 4.74 Å². The van der Waals surface area contributed by atoms with Crippen molar-refractivity contribution in [3.05, 3.63) is 125 Å². The van der Waals surface area contributed by atoms with Crippen LogP contribution in [-0.4, -0.2) is 27.7 Å². The molecule has 4 aromatic rings. The van der Waals surface area contributed by atoms with Crippen molar-refractivity contribution in [2.75, 3.05) is 10.6 Å². The van der Waals surface area contributed by atoms with E-state index < -0.39 is 16.9 Å². The topological polar surface area (TPSA) is 75.6 Å². The molecule has 6 rings (SSSR count). The SMILES string of the molecule is CC1(C)Oc2cc(O)c(C(=O)CBr)cc2C2(C(=O)Nc3ccccc32)C1C(c1ccccc1)c1ccccc1. The summed E-state index contributed by atoms with van der Waals surface area (Å²) in [6.45, 7) is 4.01. The fraction of sp³-hybridized carbons (Fsp3) is 0.212. The van der Waals surface area contributed by atoms with Crippen molar-refractivity contribution >= 4 is 33.3 Å². The van der Waals surface area contributed by atoms with E-state index in [9.17, 15) is 14.7 Å². The van der Waals surface area contributed by atoms with E-state index in [1.54, 1.807) is 6.07 Å². The van der Waals surface area contributed by atoms with E-state index in [2.05, 4.69) is 45.5 Å². The molecule has 6 heteroatoms. The van der Waals surface area contributed by atoms with Crippen LogP contribution < -0.4 is 10.1 Å². The highest BCUT2D eigenvalue weighted by Crippen LogP contribution is 2.62. The second kappa shape index (κ2) is 9.38. The van der Waals surface area contributed by atoms with Crippen LogP contribution in [0.5, 0.6) is 11.5 Å². The third-order valence-corrected chi connectivity index (χ3v) is 8.65. The first-order valence-electron chi connectivity index (χ1n) is 13.0. The number of para-hydroxylation sites is 1. The smallest absolute Gasteiger partial charge is 0.240 e. The van der Waals surface area contributed by atoms with Crippen LogP contribution in [0.25, 0.3) is 0 Å². The van der Waals surface area contributed by atoms with E-state index >= 15 is 0 Å². The van der Waals surface area contributed by atoms with Crippen LogP contribution in [-0.2, 0) is 10.2 Å². The molecular formula is C33H28BrNO4. The number of alkyl halides is 1. The molecule has 5 nitrogen and oxygen atoms in total. The molecule has 2 unspecified atom stereocenters. The lowest BCUT2D eigenvalue weighted by Crippen LogP contribution is -2.59. The Morgan fingerprint density at radius 1 is 0.923 bits per heavy atom. The number of amides is 1. The van der Waals surface area contributed by atoms with E-state index in [-0.39, 0.29) is 34.3 Å². The van der Waals surface area contributed by atoms with Crippen molar-refractivity contribution in [1.82, 2.24) is 0 Å². The standard InChI is InChI=1S/C33H28BrNO4/c1-32(2)30(29(20-11-5-3-6-12-20)21-13-7-4-8-14-21)33(23-15-9-10-16-25(23)35-31(33)38)24-17-22(27(37)19-34)26(36)18-28(24)39-32/h3-18,29-30,36H,19H2,1-2H3,(H,35,38). The van der Waals surface area contributed by atoms with E-state index in [1.807, 2.05) is 74.5 Å². The number of rotatable bonds is 5. The van der Waals surface area contributed by atoms with Crippen molar-refractivity contribution < 1.29 is 19.4 Å². The fourth-order valence-corrected chi connectivity index (χ4v) is 7.00. The van der Waals surface area contributed by atoms with Gasteiger partial charge in [0.05, 0.1) is 10.9 Å². The van der Waals surface area contributed by atoms with Crippen molar-refractivity contribution in [3.8, 4) is 11.5 Å². The van der Waals surface area contributed by atoms with Gasteiger partial charge in [-0.15, -0.1) is 0 Å². The number of ether oxygens (including phenoxy) is 1. The average Bonchev–Trinajstić information content (AvgIpc) is 3.22. The monoisotopic (exact) mass is 581 g/mol. The molecule has 0 saturated carbocycles. The minimum absolute atomic E-state index is 0.0432. The first-order chi connectivity index (χ1) is 18.8. The Morgan fingerprint density at radius 3 is 2.13 bits per heavy atom. The Bertz CT molecular complexity index is 1540. The molecule has 2 N–H and O–H groups in total. The number of hydrogen-bond donors (Lipinski definition) is 2. The lowest BCUT2D eigenvalue weighted by molar-refractivity contribution is -0.127. The lowest BCUT2D eigenvalue weighted by atomic mass is 9.53. The number of phenolic OH excluding ortho intramolecular Hbond substituents is 1. The van der Waals surface area contributed by atoms with Crippen LogP contribution in [0.2, 0.25) is 0 Å². The minimum Gasteiger partial charge on any atom is -0.507 e. The summed E-state index contributed by atoms with van der Waals surface area (Å²) < 4.78 is 6.69. The van der Waals surface area contributed by atoms with Crippen LogP contribution in [0.3, 0.4) is 0 Å². The quantitative estimate of drug-likeness (QED) is 0.200. The normalized spacial score (nSPS) is 20.7. The highest BCUT2D eigenvalue weighted by atomic mass is 79.9. The number of ketones is 1. The van der Waals surface area contributed by atoms with E-state index in [0.717, 1.165) is 22.4 Å². The maximum atomic E-state index is 14.5. The number of carbonyl (C=O) groups excluding carboxylic acids is 2. The number of nitrogens with one attached hydrogen (secondary N) is 1. The number of phenols is 1. The Kier molecular flexibility index (Phi) is 6.11. The first kappa shape index (κ1) is 25.4. The van der Waals surface area contributed by atoms with Gasteiger partial charge in [-0.1, -0.05) is 94.8 Å². The number of benzene rings is 4. The molecule has 39 heavy (non-hydrogen) atoms. The van der Waals surface area contributed by atoms with E-state index in [0.29, 0.717) is 11.3 Å². The predicted octanol–water partition coefficient (Wildman–Crippen LogP) is 6.83. The van der Waals surface area contributed by atoms with Gasteiger partial charge in [0.1, 0.15) is 22.5 Å². The maximum absolute atomic E-state index is 14.5. The van der Waals surface area contributed by atoms with Gasteiger partial charge in [0.15, 0.2) is 5.78 Å². The Hall–Kier alpha value is -3.90. The number of Topliss-reactive ketones (excluding diaryl/α,β-unsaturated/α-hetero) is 1. The molecule has 196 valence electrons. The molecule has 4 aromatic carbocycles. The zero-order valence-corrected chi connectivity index (χ0v) is 23.2. The summed E-state index contributed by atoms with van der Waals surface area (Å²) in [5.41, 5.74) is 2.33. The van der Waals surface area contributed by atoms with Gasteiger partial charge in [-0.2, -0.15) is 0 Å². The highest BCUT2D eigenvalue weighted by molar-refractivity contribution is 9.09. The van der Waals surface area contributed by atoms with Crippen LogP contribution >= 0.6 is 15.9 Å². The second-order valence-corrected chi connectivity index (χ2v) is 11.3. The summed E-state index contributed by atoms with van der Waals surface area (Å²) in [6, 6.07) is 31.2. The molecule has 2 atom stereocenters. The fourth-order valence-electron chi connectivity index (χ4n) is 6.70. The molecule has 0 aliphatic carbocycles. The van der Waals surface area contributed by atoms with Crippen LogP contribution in [0, 0.1) is 5.92 Å². The molecule has 0 radical (unpaired) electrons. The van der Waals surface area contributed by atoms with Gasteiger partial charge in [0, 0.05) is 29.2 Å². The zero-order valence-electron chi connectivity index (χ0n) is 21.6. The van der Waals surface area contributed by atoms with Crippen LogP contribution in [0.15, 0.2) is 97.1 Å². The number of fused-ring (bicyclic) bond motifs is 4. The maximum Gasteiger partial charge on any atom is 0.240 e. The Morgan fingerprint density at radius 2 is 1.51 bits per heavy atom. The zero-order chi connectivity index (χ0) is 27.4. The highest BCUT2D eigenvalue weighted by Gasteiger charge is 2.64. The molecule has 2 aliphatic rings. The third-order valence-electron chi connectivity index (χ3n) is 8.14. The summed E-state index contributed by atoms with van der Waals surface area (Å²) >= 11 is 3.24. The summed E-state index contributed by atoms with van der Waals surface area (Å²) in [6.07, 6.45) is 0. The Balaban J connectivity index is 1.74. The van der Waals surface area contributed by atoms with Gasteiger partial charge in [-0.3, -0.25) is 9.59 Å². The average molecular weight is 582 g/mol. The van der Waals surface area contributed by atoms with Gasteiger partial charge in [-0.05, 0) is 42.7 Å². The molecule has 1 spiro atoms. The summed E-state index contributed by atoms with van der Waals surface area (Å²) in [5.74, 6) is -0.894. The van der Waals surface area contributed by atoms with Crippen molar-refractivity contribution in [1.29, 1.82) is 0 Å². The van der Waals surface area contributed by atoms with Gasteiger partial charge in [0.2, 0.25) is 5.91 Å². The van der Waals surface area contributed by atoms with Gasteiger partial charge in [-0.25, -0.2) is 0 Å². The molecule has 2 heterocycles. The summed E-state index contributed by atoms with van der Waals surface area (Å²) in [7, 11) is 0. The number of carbonyl (C=O) groups is 2. The molecule has 0 fully saturated rings. The predicted molar refractivity (Wildman–Crippen MR) is 155 cm³/mol. The van der Waals surface area contributed by atoms with Gasteiger partial charge >= 0.3 is 0 Å². The molecular weight excluding hydrogens is 554 g/mol. The largest absolute Gasteiger partial charge is 0.507 e. The number of hydrogen-bond acceptors (Lipinski definition) is 4. The molecule has 0 aromatic heterocycles. The van der Waals surface area contributed by atoms with Crippen molar-refractivity contribution in [2.24, 2.45) is 5.92 Å². The van der Waals surface area contributed by atoms with E-state index in [1.165, 1.54) is 6.07 Å². The minimum atomic E-state index is -1.21. The molecule has 1 amide bonds. The molecule has 2 aliphatic heterocycles.